The zero-order chi connectivity index (χ0) is 12.3. The highest BCUT2D eigenvalue weighted by Gasteiger charge is 2.04. The minimum absolute atomic E-state index is 0.645. The first kappa shape index (κ1) is 14.6. The molecule has 0 nitrogen and oxygen atoms in total. The fourth-order valence-corrected chi connectivity index (χ4v) is 3.04. The van der Waals surface area contributed by atoms with E-state index in [2.05, 4.69) is 55.9 Å². The smallest absolute Gasteiger partial charge is 0.0269 e. The third-order valence-electron chi connectivity index (χ3n) is 3.13. The van der Waals surface area contributed by atoms with Crippen LogP contribution in [0.2, 0.25) is 0 Å². The van der Waals surface area contributed by atoms with Crippen LogP contribution in [0.3, 0.4) is 0 Å². The monoisotopic (exact) mass is 250 g/mol. The van der Waals surface area contributed by atoms with E-state index in [0.717, 1.165) is 0 Å². The van der Waals surface area contributed by atoms with Gasteiger partial charge in [0.1, 0.15) is 0 Å². The Morgan fingerprint density at radius 3 is 2.29 bits per heavy atom. The van der Waals surface area contributed by atoms with E-state index < -0.39 is 0 Å². The second-order valence-corrected chi connectivity index (χ2v) is 6.14. The lowest BCUT2D eigenvalue weighted by Crippen LogP contribution is -1.90. The molecule has 0 aliphatic rings. The van der Waals surface area contributed by atoms with Crippen LogP contribution in [0, 0.1) is 0 Å². The lowest BCUT2D eigenvalue weighted by molar-refractivity contribution is 0.627. The van der Waals surface area contributed by atoms with Crippen LogP contribution >= 0.6 is 11.8 Å². The molecular formula is C16H26S. The van der Waals surface area contributed by atoms with E-state index in [4.69, 9.17) is 0 Å². The molecule has 0 aliphatic carbocycles. The molecule has 1 unspecified atom stereocenters. The van der Waals surface area contributed by atoms with Gasteiger partial charge < -0.3 is 0 Å². The van der Waals surface area contributed by atoms with Crippen LogP contribution < -0.4 is 0 Å². The van der Waals surface area contributed by atoms with Gasteiger partial charge in [0.2, 0.25) is 0 Å². The van der Waals surface area contributed by atoms with E-state index >= 15 is 0 Å². The zero-order valence-electron chi connectivity index (χ0n) is 11.3. The summed E-state index contributed by atoms with van der Waals surface area (Å²) in [6, 6.07) is 10.8. The van der Waals surface area contributed by atoms with Gasteiger partial charge in [-0.2, -0.15) is 11.8 Å². The SMILES string of the molecule is CCCCCCCCSC(C)c1ccccc1. The summed E-state index contributed by atoms with van der Waals surface area (Å²) in [6.07, 6.45) is 8.40. The van der Waals surface area contributed by atoms with Crippen molar-refractivity contribution in [2.45, 2.75) is 57.6 Å². The summed E-state index contributed by atoms with van der Waals surface area (Å²) >= 11 is 2.09. The standard InChI is InChI=1S/C16H26S/c1-3-4-5-6-7-11-14-17-15(2)16-12-9-8-10-13-16/h8-10,12-13,15H,3-7,11,14H2,1-2H3. The van der Waals surface area contributed by atoms with Crippen LogP contribution in [0.25, 0.3) is 0 Å². The number of hydrogen-bond acceptors (Lipinski definition) is 1. The lowest BCUT2D eigenvalue weighted by Gasteiger charge is -2.11. The van der Waals surface area contributed by atoms with Crippen molar-refractivity contribution in [3.05, 3.63) is 35.9 Å². The van der Waals surface area contributed by atoms with Crippen molar-refractivity contribution in [3.63, 3.8) is 0 Å². The molecule has 0 aliphatic heterocycles. The van der Waals surface area contributed by atoms with Crippen molar-refractivity contribution in [1.82, 2.24) is 0 Å². The van der Waals surface area contributed by atoms with Crippen molar-refractivity contribution >= 4 is 11.8 Å². The molecule has 96 valence electrons. The summed E-state index contributed by atoms with van der Waals surface area (Å²) in [5.41, 5.74) is 1.46. The summed E-state index contributed by atoms with van der Waals surface area (Å²) in [5.74, 6) is 1.31. The molecule has 1 rings (SSSR count). The minimum Gasteiger partial charge on any atom is -0.154 e. The molecule has 0 spiro atoms. The molecule has 0 saturated carbocycles. The second kappa shape index (κ2) is 9.58. The summed E-state index contributed by atoms with van der Waals surface area (Å²) in [6.45, 7) is 4.59. The Morgan fingerprint density at radius 1 is 0.941 bits per heavy atom. The van der Waals surface area contributed by atoms with Gasteiger partial charge in [-0.05, 0) is 24.7 Å². The molecule has 1 aromatic carbocycles. The molecular weight excluding hydrogens is 224 g/mol. The van der Waals surface area contributed by atoms with Crippen molar-refractivity contribution in [2.75, 3.05) is 5.75 Å². The predicted molar refractivity (Wildman–Crippen MR) is 80.7 cm³/mol. The van der Waals surface area contributed by atoms with Gasteiger partial charge in [-0.3, -0.25) is 0 Å². The third kappa shape index (κ3) is 6.78. The topological polar surface area (TPSA) is 0 Å². The third-order valence-corrected chi connectivity index (χ3v) is 4.43. The molecule has 17 heavy (non-hydrogen) atoms. The van der Waals surface area contributed by atoms with Gasteiger partial charge in [-0.15, -0.1) is 0 Å². The maximum absolute atomic E-state index is 2.32. The van der Waals surface area contributed by atoms with E-state index in [0.29, 0.717) is 5.25 Å². The van der Waals surface area contributed by atoms with Crippen LogP contribution in [0.4, 0.5) is 0 Å². The van der Waals surface area contributed by atoms with Gasteiger partial charge in [-0.25, -0.2) is 0 Å². The Labute approximate surface area is 111 Å². The van der Waals surface area contributed by atoms with Crippen LogP contribution in [-0.2, 0) is 0 Å². The second-order valence-electron chi connectivity index (χ2n) is 4.69. The molecule has 1 heteroatoms. The number of hydrogen-bond donors (Lipinski definition) is 0. The van der Waals surface area contributed by atoms with Gasteiger partial charge >= 0.3 is 0 Å². The highest BCUT2D eigenvalue weighted by atomic mass is 32.2. The first-order chi connectivity index (χ1) is 8.34. The lowest BCUT2D eigenvalue weighted by atomic mass is 10.1. The molecule has 0 saturated heterocycles. The Morgan fingerprint density at radius 2 is 1.59 bits per heavy atom. The normalized spacial score (nSPS) is 12.6. The average molecular weight is 250 g/mol. The van der Waals surface area contributed by atoms with Crippen molar-refractivity contribution in [1.29, 1.82) is 0 Å². The van der Waals surface area contributed by atoms with Gasteiger partial charge in [0.05, 0.1) is 0 Å². The first-order valence-corrected chi connectivity index (χ1v) is 8.06. The maximum atomic E-state index is 2.32. The van der Waals surface area contributed by atoms with Gasteiger partial charge in [0, 0.05) is 5.25 Å². The summed E-state index contributed by atoms with van der Waals surface area (Å²) in [4.78, 5) is 0. The summed E-state index contributed by atoms with van der Waals surface area (Å²) in [7, 11) is 0. The largest absolute Gasteiger partial charge is 0.154 e. The number of benzene rings is 1. The van der Waals surface area contributed by atoms with E-state index in [-0.39, 0.29) is 0 Å². The van der Waals surface area contributed by atoms with Crippen LogP contribution in [0.1, 0.15) is 63.2 Å². The van der Waals surface area contributed by atoms with E-state index in [9.17, 15) is 0 Å². The fourth-order valence-electron chi connectivity index (χ4n) is 1.96. The van der Waals surface area contributed by atoms with Crippen LogP contribution in [-0.4, -0.2) is 5.75 Å². The Bertz CT molecular complexity index is 268. The summed E-state index contributed by atoms with van der Waals surface area (Å²) in [5, 5.41) is 0.645. The molecule has 0 fully saturated rings. The molecule has 0 aromatic heterocycles. The van der Waals surface area contributed by atoms with Crippen LogP contribution in [0.15, 0.2) is 30.3 Å². The number of unbranched alkanes of at least 4 members (excludes halogenated alkanes) is 5. The average Bonchev–Trinajstić information content (AvgIpc) is 2.38. The minimum atomic E-state index is 0.645. The quantitative estimate of drug-likeness (QED) is 0.496. The predicted octanol–water partition coefficient (Wildman–Crippen LogP) is 5.84. The van der Waals surface area contributed by atoms with Crippen LogP contribution in [0.5, 0.6) is 0 Å². The van der Waals surface area contributed by atoms with E-state index in [1.807, 2.05) is 0 Å². The highest BCUT2D eigenvalue weighted by Crippen LogP contribution is 2.28. The van der Waals surface area contributed by atoms with Crippen molar-refractivity contribution < 1.29 is 0 Å². The van der Waals surface area contributed by atoms with Crippen molar-refractivity contribution in [3.8, 4) is 0 Å². The molecule has 0 bridgehead atoms. The Kier molecular flexibility index (Phi) is 8.25. The van der Waals surface area contributed by atoms with Crippen molar-refractivity contribution in [2.24, 2.45) is 0 Å². The molecule has 1 atom stereocenters. The van der Waals surface area contributed by atoms with Gasteiger partial charge in [0.25, 0.3) is 0 Å². The number of thioether (sulfide) groups is 1. The van der Waals surface area contributed by atoms with Gasteiger partial charge in [0.15, 0.2) is 0 Å². The molecule has 0 heterocycles. The fraction of sp³-hybridized carbons (Fsp3) is 0.625. The molecule has 0 amide bonds. The highest BCUT2D eigenvalue weighted by molar-refractivity contribution is 7.99. The Balaban J connectivity index is 2.03. The summed E-state index contributed by atoms with van der Waals surface area (Å²) < 4.78 is 0. The van der Waals surface area contributed by atoms with E-state index in [1.54, 1.807) is 0 Å². The first-order valence-electron chi connectivity index (χ1n) is 7.01. The Hall–Kier alpha value is -0.430. The number of rotatable bonds is 9. The molecule has 0 N–H and O–H groups in total. The molecule has 0 radical (unpaired) electrons. The maximum Gasteiger partial charge on any atom is 0.0269 e. The van der Waals surface area contributed by atoms with E-state index in [1.165, 1.54) is 49.8 Å². The molecule has 1 aromatic rings. The van der Waals surface area contributed by atoms with Gasteiger partial charge in [-0.1, -0.05) is 69.4 Å². The zero-order valence-corrected chi connectivity index (χ0v) is 12.1.